The maximum atomic E-state index is 10.2. The van der Waals surface area contributed by atoms with Crippen LogP contribution in [0.1, 0.15) is 39.5 Å². The summed E-state index contributed by atoms with van der Waals surface area (Å²) >= 11 is 0. The molecule has 0 saturated carbocycles. The Morgan fingerprint density at radius 2 is 1.68 bits per heavy atom. The Bertz CT molecular complexity index is 780. The lowest BCUT2D eigenvalue weighted by molar-refractivity contribution is -0.0106. The quantitative estimate of drug-likeness (QED) is 0.806. The molecule has 0 unspecified atom stereocenters. The molecule has 1 fully saturated rings. The van der Waals surface area contributed by atoms with Crippen molar-refractivity contribution in [1.29, 1.82) is 15.8 Å². The minimum absolute atomic E-state index is 0.00201. The summed E-state index contributed by atoms with van der Waals surface area (Å²) in [5.41, 5.74) is 5.97. The van der Waals surface area contributed by atoms with Crippen LogP contribution in [0.15, 0.2) is 22.9 Å². The number of nitriles is 3. The third-order valence-corrected chi connectivity index (χ3v) is 7.04. The Labute approximate surface area is 168 Å². The highest BCUT2D eigenvalue weighted by molar-refractivity contribution is 5.58. The Morgan fingerprint density at radius 1 is 1.07 bits per heavy atom. The molecule has 1 atom stereocenters. The van der Waals surface area contributed by atoms with E-state index in [4.69, 9.17) is 5.73 Å². The molecular formula is C22H30N6. The molecule has 6 heteroatoms. The highest BCUT2D eigenvalue weighted by atomic mass is 15.1. The van der Waals surface area contributed by atoms with Crippen molar-refractivity contribution in [3.8, 4) is 18.2 Å². The molecular weight excluding hydrogens is 348 g/mol. The zero-order valence-corrected chi connectivity index (χ0v) is 17.0. The van der Waals surface area contributed by atoms with Crippen molar-refractivity contribution in [1.82, 2.24) is 9.80 Å². The first-order valence-electron chi connectivity index (χ1n) is 10.4. The molecule has 3 rings (SSSR count). The highest BCUT2D eigenvalue weighted by Gasteiger charge is 2.64. The maximum Gasteiger partial charge on any atom is 0.190 e. The first-order chi connectivity index (χ1) is 13.5. The maximum absolute atomic E-state index is 10.2. The average Bonchev–Trinajstić information content (AvgIpc) is 2.72. The Kier molecular flexibility index (Phi) is 5.80. The van der Waals surface area contributed by atoms with E-state index in [2.05, 4.69) is 47.9 Å². The van der Waals surface area contributed by atoms with E-state index in [0.717, 1.165) is 70.5 Å². The lowest BCUT2D eigenvalue weighted by Crippen LogP contribution is -2.60. The molecule has 0 radical (unpaired) electrons. The second-order valence-electron chi connectivity index (χ2n) is 8.34. The number of hydrogen-bond acceptors (Lipinski definition) is 6. The molecule has 1 saturated heterocycles. The summed E-state index contributed by atoms with van der Waals surface area (Å²) < 4.78 is 0. The summed E-state index contributed by atoms with van der Waals surface area (Å²) in [7, 11) is 0. The van der Waals surface area contributed by atoms with Gasteiger partial charge in [-0.05, 0) is 57.4 Å². The number of nitrogens with two attached hydrogens (primary N) is 1. The Balaban J connectivity index is 2.15. The van der Waals surface area contributed by atoms with Crippen molar-refractivity contribution in [3.63, 3.8) is 0 Å². The van der Waals surface area contributed by atoms with Crippen molar-refractivity contribution < 1.29 is 0 Å². The summed E-state index contributed by atoms with van der Waals surface area (Å²) in [6, 6.07) is 6.85. The van der Waals surface area contributed by atoms with Crippen LogP contribution in [-0.4, -0.2) is 49.1 Å². The van der Waals surface area contributed by atoms with Gasteiger partial charge in [-0.25, -0.2) is 0 Å². The van der Waals surface area contributed by atoms with Gasteiger partial charge in [0.25, 0.3) is 0 Å². The van der Waals surface area contributed by atoms with E-state index in [1.165, 1.54) is 0 Å². The van der Waals surface area contributed by atoms with Crippen molar-refractivity contribution >= 4 is 0 Å². The number of allylic oxidation sites excluding steroid dienone is 2. The second kappa shape index (κ2) is 7.96. The summed E-state index contributed by atoms with van der Waals surface area (Å²) in [6.45, 7) is 9.66. The fraction of sp³-hybridized carbons (Fsp3) is 0.682. The van der Waals surface area contributed by atoms with E-state index in [-0.39, 0.29) is 11.6 Å². The van der Waals surface area contributed by atoms with Crippen LogP contribution in [0, 0.1) is 50.7 Å². The van der Waals surface area contributed by atoms with Crippen molar-refractivity contribution in [3.05, 3.63) is 22.9 Å². The van der Waals surface area contributed by atoms with Gasteiger partial charge < -0.3 is 10.6 Å². The highest BCUT2D eigenvalue weighted by Crippen LogP contribution is 2.61. The van der Waals surface area contributed by atoms with Crippen LogP contribution in [0.5, 0.6) is 0 Å². The van der Waals surface area contributed by atoms with E-state index in [0.29, 0.717) is 5.57 Å². The molecule has 1 aliphatic carbocycles. The monoisotopic (exact) mass is 378 g/mol. The van der Waals surface area contributed by atoms with Gasteiger partial charge in [-0.15, -0.1) is 0 Å². The Morgan fingerprint density at radius 3 is 2.21 bits per heavy atom. The van der Waals surface area contributed by atoms with Crippen LogP contribution in [-0.2, 0) is 0 Å². The largest absolute Gasteiger partial charge is 0.399 e. The molecule has 2 heterocycles. The molecule has 0 aromatic heterocycles. The van der Waals surface area contributed by atoms with Gasteiger partial charge >= 0.3 is 0 Å². The fourth-order valence-electron chi connectivity index (χ4n) is 5.63. The first-order valence-corrected chi connectivity index (χ1v) is 10.4. The van der Waals surface area contributed by atoms with Gasteiger partial charge in [-0.2, -0.15) is 15.8 Å². The summed E-state index contributed by atoms with van der Waals surface area (Å²) in [6.07, 6.45) is 5.78. The molecule has 0 aromatic rings. The van der Waals surface area contributed by atoms with E-state index in [9.17, 15) is 15.8 Å². The molecule has 0 bridgehead atoms. The zero-order chi connectivity index (χ0) is 20.4. The van der Waals surface area contributed by atoms with Crippen molar-refractivity contribution in [2.24, 2.45) is 22.5 Å². The van der Waals surface area contributed by atoms with Gasteiger partial charge in [-0.3, -0.25) is 4.90 Å². The number of likely N-dealkylation sites (tertiary alicyclic amines) is 1. The SMILES string of the molecule is CCCN1CCC2(CC1)[C@H]1CN(CCC)CC=C1C(C#N)=C(N)C2(C#N)C#N. The van der Waals surface area contributed by atoms with E-state index in [1.54, 1.807) is 0 Å². The smallest absolute Gasteiger partial charge is 0.190 e. The lowest BCUT2D eigenvalue weighted by Gasteiger charge is -2.57. The molecule has 28 heavy (non-hydrogen) atoms. The predicted molar refractivity (Wildman–Crippen MR) is 107 cm³/mol. The van der Waals surface area contributed by atoms with Gasteiger partial charge in [0.05, 0.1) is 23.4 Å². The molecule has 1 spiro atoms. The van der Waals surface area contributed by atoms with E-state index < -0.39 is 10.8 Å². The summed E-state index contributed by atoms with van der Waals surface area (Å²) in [4.78, 5) is 4.80. The normalized spacial score (nSPS) is 26.7. The van der Waals surface area contributed by atoms with E-state index in [1.807, 2.05) is 0 Å². The predicted octanol–water partition coefficient (Wildman–Crippen LogP) is 2.53. The van der Waals surface area contributed by atoms with Crippen LogP contribution in [0.2, 0.25) is 0 Å². The zero-order valence-electron chi connectivity index (χ0n) is 17.0. The lowest BCUT2D eigenvalue weighted by atomic mass is 9.47. The fourth-order valence-corrected chi connectivity index (χ4v) is 5.63. The van der Waals surface area contributed by atoms with Gasteiger partial charge in [0.15, 0.2) is 5.41 Å². The van der Waals surface area contributed by atoms with Crippen molar-refractivity contribution in [2.75, 3.05) is 39.3 Å². The molecule has 2 aliphatic heterocycles. The topological polar surface area (TPSA) is 104 Å². The van der Waals surface area contributed by atoms with Gasteiger partial charge in [0.1, 0.15) is 6.07 Å². The molecule has 3 aliphatic rings. The van der Waals surface area contributed by atoms with Crippen LogP contribution in [0.25, 0.3) is 0 Å². The number of piperidine rings is 1. The van der Waals surface area contributed by atoms with Gasteiger partial charge in [-0.1, -0.05) is 19.9 Å². The average molecular weight is 379 g/mol. The molecule has 6 nitrogen and oxygen atoms in total. The summed E-state index contributed by atoms with van der Waals surface area (Å²) in [5.74, 6) is -0.00201. The molecule has 0 amide bonds. The minimum Gasteiger partial charge on any atom is -0.399 e. The third-order valence-electron chi connectivity index (χ3n) is 7.04. The second-order valence-corrected chi connectivity index (χ2v) is 8.34. The molecule has 0 aromatic carbocycles. The number of rotatable bonds is 4. The first kappa shape index (κ1) is 20.4. The molecule has 2 N–H and O–H groups in total. The van der Waals surface area contributed by atoms with Crippen LogP contribution >= 0.6 is 0 Å². The van der Waals surface area contributed by atoms with Crippen LogP contribution in [0.3, 0.4) is 0 Å². The third kappa shape index (κ3) is 2.82. The standard InChI is InChI=1S/C22H30N6/c1-3-8-27-11-6-21(7-12-27)19-14-28(9-4-2)10-5-17(19)18(13-23)20(26)22(21,15-24)16-25/h5,19H,3-4,6-12,14,26H2,1-2H3/t19-/m0/s1. The van der Waals surface area contributed by atoms with Crippen LogP contribution in [0.4, 0.5) is 0 Å². The minimum atomic E-state index is -1.44. The Hall–Kier alpha value is -2.33. The molecule has 148 valence electrons. The van der Waals surface area contributed by atoms with Gasteiger partial charge in [0, 0.05) is 24.4 Å². The van der Waals surface area contributed by atoms with Crippen molar-refractivity contribution in [2.45, 2.75) is 39.5 Å². The number of fused-ring (bicyclic) bond motifs is 2. The number of hydrogen-bond donors (Lipinski definition) is 1. The number of nitrogens with zero attached hydrogens (tertiary/aromatic N) is 5. The van der Waals surface area contributed by atoms with E-state index >= 15 is 0 Å². The van der Waals surface area contributed by atoms with Crippen LogP contribution < -0.4 is 5.73 Å². The van der Waals surface area contributed by atoms with Gasteiger partial charge in [0.2, 0.25) is 0 Å². The summed E-state index contributed by atoms with van der Waals surface area (Å²) in [5, 5.41) is 30.3.